The molecule has 0 unspecified atom stereocenters. The molecule has 4 heteroatoms. The lowest BCUT2D eigenvalue weighted by Gasteiger charge is -2.24. The van der Waals surface area contributed by atoms with Crippen LogP contribution in [0.5, 0.6) is 0 Å². The zero-order valence-corrected chi connectivity index (χ0v) is 13.2. The van der Waals surface area contributed by atoms with Gasteiger partial charge < -0.3 is 14.4 Å². The molecular formula is C17H23N3O. The van der Waals surface area contributed by atoms with Gasteiger partial charge >= 0.3 is 0 Å². The van der Waals surface area contributed by atoms with Crippen LogP contribution >= 0.6 is 0 Å². The van der Waals surface area contributed by atoms with Gasteiger partial charge in [0.25, 0.3) is 0 Å². The van der Waals surface area contributed by atoms with E-state index in [1.54, 1.807) is 6.92 Å². The molecule has 1 amide bonds. The number of likely N-dealkylation sites (tertiary alicyclic amines) is 1. The van der Waals surface area contributed by atoms with Gasteiger partial charge in [-0.1, -0.05) is 18.2 Å². The number of nitrogens with zero attached hydrogens (tertiary/aromatic N) is 3. The van der Waals surface area contributed by atoms with E-state index in [-0.39, 0.29) is 5.91 Å². The van der Waals surface area contributed by atoms with Crippen molar-refractivity contribution in [3.05, 3.63) is 36.0 Å². The molecular weight excluding hydrogens is 262 g/mol. The van der Waals surface area contributed by atoms with Crippen LogP contribution in [0.15, 0.2) is 30.5 Å². The summed E-state index contributed by atoms with van der Waals surface area (Å²) in [5, 5.41) is 1.31. The average Bonchev–Trinajstić information content (AvgIpc) is 3.01. The first-order valence-corrected chi connectivity index (χ1v) is 7.45. The maximum Gasteiger partial charge on any atom is 0.219 e. The maximum atomic E-state index is 11.8. The fourth-order valence-electron chi connectivity index (χ4n) is 3.54. The molecule has 0 spiro atoms. The van der Waals surface area contributed by atoms with Gasteiger partial charge in [0.1, 0.15) is 0 Å². The number of amides is 1. The molecule has 4 nitrogen and oxygen atoms in total. The standard InChI is InChI=1S/C17H23N3O/c1-12(21)20-10-15(17(11-20)18(2)3)14-9-19(4)16-8-6-5-7-13(14)16/h5-9,15,17H,10-11H2,1-4H3/t15-,17+/m0/s1. The Bertz CT molecular complexity index is 674. The Balaban J connectivity index is 2.06. The molecule has 0 N–H and O–H groups in total. The Kier molecular flexibility index (Phi) is 3.49. The first-order valence-electron chi connectivity index (χ1n) is 7.45. The van der Waals surface area contributed by atoms with Gasteiger partial charge in [-0.25, -0.2) is 0 Å². The van der Waals surface area contributed by atoms with Gasteiger partial charge in [0.05, 0.1) is 0 Å². The van der Waals surface area contributed by atoms with E-state index in [0.717, 1.165) is 13.1 Å². The highest BCUT2D eigenvalue weighted by atomic mass is 16.2. The molecule has 21 heavy (non-hydrogen) atoms. The summed E-state index contributed by atoms with van der Waals surface area (Å²) < 4.78 is 2.19. The molecule has 2 atom stereocenters. The Morgan fingerprint density at radius 2 is 1.95 bits per heavy atom. The summed E-state index contributed by atoms with van der Waals surface area (Å²) in [5.41, 5.74) is 2.61. The van der Waals surface area contributed by atoms with E-state index in [2.05, 4.69) is 61.1 Å². The van der Waals surface area contributed by atoms with Crippen molar-refractivity contribution in [1.82, 2.24) is 14.4 Å². The van der Waals surface area contributed by atoms with Crippen molar-refractivity contribution in [2.24, 2.45) is 7.05 Å². The number of aromatic nitrogens is 1. The number of likely N-dealkylation sites (N-methyl/N-ethyl adjacent to an activating group) is 1. The number of carbonyl (C=O) groups is 1. The van der Waals surface area contributed by atoms with Crippen molar-refractivity contribution in [2.45, 2.75) is 18.9 Å². The molecule has 1 fully saturated rings. The Labute approximate surface area is 125 Å². The molecule has 0 aliphatic carbocycles. The number of para-hydroxylation sites is 1. The van der Waals surface area contributed by atoms with Crippen LogP contribution in [0.4, 0.5) is 0 Å². The molecule has 0 bridgehead atoms. The first-order chi connectivity index (χ1) is 9.99. The number of carbonyl (C=O) groups excluding carboxylic acids is 1. The summed E-state index contributed by atoms with van der Waals surface area (Å²) in [7, 11) is 6.30. The third kappa shape index (κ3) is 2.33. The highest BCUT2D eigenvalue weighted by Crippen LogP contribution is 2.35. The summed E-state index contributed by atoms with van der Waals surface area (Å²) >= 11 is 0. The lowest BCUT2D eigenvalue weighted by Crippen LogP contribution is -2.35. The molecule has 0 saturated carbocycles. The Morgan fingerprint density at radius 3 is 2.62 bits per heavy atom. The molecule has 1 aromatic heterocycles. The van der Waals surface area contributed by atoms with Gasteiger partial charge in [0.2, 0.25) is 5.91 Å². The summed E-state index contributed by atoms with van der Waals surface area (Å²) in [5.74, 6) is 0.541. The summed E-state index contributed by atoms with van der Waals surface area (Å²) in [6.07, 6.45) is 2.23. The molecule has 1 aliphatic rings. The molecule has 1 aromatic carbocycles. The fourth-order valence-corrected chi connectivity index (χ4v) is 3.54. The van der Waals surface area contributed by atoms with Gasteiger partial charge in [0.15, 0.2) is 0 Å². The second-order valence-electron chi connectivity index (χ2n) is 6.27. The second-order valence-corrected chi connectivity index (χ2v) is 6.27. The minimum absolute atomic E-state index is 0.171. The zero-order valence-electron chi connectivity index (χ0n) is 13.2. The molecule has 2 heterocycles. The van der Waals surface area contributed by atoms with Gasteiger partial charge in [-0.05, 0) is 25.7 Å². The van der Waals surface area contributed by atoms with Crippen LogP contribution in [-0.4, -0.2) is 53.5 Å². The first kappa shape index (κ1) is 14.1. The van der Waals surface area contributed by atoms with Gasteiger partial charge in [0, 0.05) is 56.1 Å². The monoisotopic (exact) mass is 285 g/mol. The Hall–Kier alpha value is -1.81. The number of benzene rings is 1. The molecule has 1 saturated heterocycles. The van der Waals surface area contributed by atoms with E-state index in [9.17, 15) is 4.79 Å². The third-order valence-electron chi connectivity index (χ3n) is 4.72. The molecule has 0 radical (unpaired) electrons. The van der Waals surface area contributed by atoms with E-state index in [1.165, 1.54) is 16.5 Å². The normalized spacial score (nSPS) is 22.4. The SMILES string of the molecule is CC(=O)N1C[C@@H](N(C)C)[C@H](c2cn(C)c3ccccc23)C1. The number of hydrogen-bond donors (Lipinski definition) is 0. The number of aryl methyl sites for hydroxylation is 1. The maximum absolute atomic E-state index is 11.8. The number of fused-ring (bicyclic) bond motifs is 1. The van der Waals surface area contributed by atoms with Crippen molar-refractivity contribution in [3.8, 4) is 0 Å². The van der Waals surface area contributed by atoms with Gasteiger partial charge in [-0.2, -0.15) is 0 Å². The average molecular weight is 285 g/mol. The molecule has 112 valence electrons. The Morgan fingerprint density at radius 1 is 1.24 bits per heavy atom. The molecule has 2 aromatic rings. The fraction of sp³-hybridized carbons (Fsp3) is 0.471. The van der Waals surface area contributed by atoms with Gasteiger partial charge in [-0.15, -0.1) is 0 Å². The van der Waals surface area contributed by atoms with E-state index in [0.29, 0.717) is 12.0 Å². The van der Waals surface area contributed by atoms with Crippen molar-refractivity contribution in [2.75, 3.05) is 27.2 Å². The summed E-state index contributed by atoms with van der Waals surface area (Å²) in [6, 6.07) is 8.88. The van der Waals surface area contributed by atoms with E-state index < -0.39 is 0 Å². The van der Waals surface area contributed by atoms with E-state index in [4.69, 9.17) is 0 Å². The molecule has 1 aliphatic heterocycles. The zero-order chi connectivity index (χ0) is 15.1. The van der Waals surface area contributed by atoms with E-state index in [1.807, 2.05) is 4.90 Å². The quantitative estimate of drug-likeness (QED) is 0.845. The van der Waals surface area contributed by atoms with Crippen LogP contribution < -0.4 is 0 Å². The molecule has 3 rings (SSSR count). The van der Waals surface area contributed by atoms with Crippen LogP contribution in [0, 0.1) is 0 Å². The predicted octanol–water partition coefficient (Wildman–Crippen LogP) is 2.05. The van der Waals surface area contributed by atoms with Crippen LogP contribution in [-0.2, 0) is 11.8 Å². The van der Waals surface area contributed by atoms with Crippen molar-refractivity contribution in [1.29, 1.82) is 0 Å². The van der Waals surface area contributed by atoms with Crippen LogP contribution in [0.1, 0.15) is 18.4 Å². The third-order valence-corrected chi connectivity index (χ3v) is 4.72. The van der Waals surface area contributed by atoms with Gasteiger partial charge in [-0.3, -0.25) is 4.79 Å². The lowest BCUT2D eigenvalue weighted by atomic mass is 9.93. The highest BCUT2D eigenvalue weighted by Gasteiger charge is 2.37. The lowest BCUT2D eigenvalue weighted by molar-refractivity contribution is -0.127. The summed E-state index contributed by atoms with van der Waals surface area (Å²) in [6.45, 7) is 3.29. The van der Waals surface area contributed by atoms with E-state index >= 15 is 0 Å². The highest BCUT2D eigenvalue weighted by molar-refractivity contribution is 5.85. The number of hydrogen-bond acceptors (Lipinski definition) is 2. The van der Waals surface area contributed by atoms with Crippen molar-refractivity contribution in [3.63, 3.8) is 0 Å². The minimum atomic E-state index is 0.171. The second kappa shape index (κ2) is 5.19. The minimum Gasteiger partial charge on any atom is -0.350 e. The van der Waals surface area contributed by atoms with Crippen molar-refractivity contribution >= 4 is 16.8 Å². The summed E-state index contributed by atoms with van der Waals surface area (Å²) in [4.78, 5) is 16.0. The predicted molar refractivity (Wildman–Crippen MR) is 85.4 cm³/mol. The van der Waals surface area contributed by atoms with Crippen LogP contribution in [0.3, 0.4) is 0 Å². The largest absolute Gasteiger partial charge is 0.350 e. The van der Waals surface area contributed by atoms with Crippen molar-refractivity contribution < 1.29 is 4.79 Å². The smallest absolute Gasteiger partial charge is 0.219 e. The van der Waals surface area contributed by atoms with Crippen LogP contribution in [0.2, 0.25) is 0 Å². The van der Waals surface area contributed by atoms with Crippen LogP contribution in [0.25, 0.3) is 10.9 Å². The number of rotatable bonds is 2. The topological polar surface area (TPSA) is 28.5 Å².